The van der Waals surface area contributed by atoms with Gasteiger partial charge in [-0.25, -0.2) is 4.79 Å². The van der Waals surface area contributed by atoms with E-state index in [-0.39, 0.29) is 12.1 Å². The van der Waals surface area contributed by atoms with Crippen LogP contribution in [-0.4, -0.2) is 37.6 Å². The number of nitrogens with zero attached hydrogens (tertiary/aromatic N) is 1. The third-order valence-corrected chi connectivity index (χ3v) is 2.82. The van der Waals surface area contributed by atoms with Gasteiger partial charge < -0.3 is 15.5 Å². The van der Waals surface area contributed by atoms with Crippen LogP contribution in [0.25, 0.3) is 0 Å². The van der Waals surface area contributed by atoms with Crippen molar-refractivity contribution in [3.8, 4) is 0 Å². The monoisotopic (exact) mass is 219 g/mol. The molecule has 0 spiro atoms. The van der Waals surface area contributed by atoms with Crippen molar-refractivity contribution in [2.24, 2.45) is 0 Å². The molecule has 0 bridgehead atoms. The van der Waals surface area contributed by atoms with Crippen LogP contribution in [0.1, 0.15) is 11.6 Å². The number of likely N-dealkylation sites (N-methyl/N-ethyl adjacent to an activating group) is 1. The Morgan fingerprint density at radius 3 is 2.88 bits per heavy atom. The van der Waals surface area contributed by atoms with E-state index in [4.69, 9.17) is 0 Å². The van der Waals surface area contributed by atoms with Gasteiger partial charge in [-0.05, 0) is 12.6 Å². The van der Waals surface area contributed by atoms with Crippen LogP contribution >= 0.6 is 0 Å². The van der Waals surface area contributed by atoms with Gasteiger partial charge in [0.2, 0.25) is 0 Å². The molecule has 1 aromatic carbocycles. The number of carbonyl (C=O) groups is 1. The molecule has 2 amide bonds. The Morgan fingerprint density at radius 2 is 2.19 bits per heavy atom. The molecule has 86 valence electrons. The number of hydrogen-bond acceptors (Lipinski definition) is 2. The first-order chi connectivity index (χ1) is 7.81. The fourth-order valence-electron chi connectivity index (χ4n) is 1.90. The second-order valence-electron chi connectivity index (χ2n) is 3.96. The van der Waals surface area contributed by atoms with Gasteiger partial charge in [-0.1, -0.05) is 30.3 Å². The van der Waals surface area contributed by atoms with Crippen molar-refractivity contribution >= 4 is 6.03 Å². The van der Waals surface area contributed by atoms with E-state index < -0.39 is 0 Å². The van der Waals surface area contributed by atoms with Gasteiger partial charge in [-0.15, -0.1) is 0 Å². The summed E-state index contributed by atoms with van der Waals surface area (Å²) in [6.07, 6.45) is 0. The molecule has 1 atom stereocenters. The minimum atomic E-state index is 0.0316. The van der Waals surface area contributed by atoms with Crippen molar-refractivity contribution in [2.75, 3.05) is 26.7 Å². The average molecular weight is 219 g/mol. The maximum absolute atomic E-state index is 11.7. The standard InChI is InChI=1S/C12H17N3O/c1-13-7-8-15-9-11(14-12(15)16)10-5-3-2-4-6-10/h2-6,11,13H,7-9H2,1H3,(H,14,16). The summed E-state index contributed by atoms with van der Waals surface area (Å²) >= 11 is 0. The molecule has 1 aliphatic heterocycles. The summed E-state index contributed by atoms with van der Waals surface area (Å²) in [6, 6.07) is 10.2. The van der Waals surface area contributed by atoms with Gasteiger partial charge in [-0.2, -0.15) is 0 Å². The fourth-order valence-corrected chi connectivity index (χ4v) is 1.90. The van der Waals surface area contributed by atoms with E-state index in [9.17, 15) is 4.79 Å². The molecule has 0 saturated carbocycles. The van der Waals surface area contributed by atoms with Gasteiger partial charge in [-0.3, -0.25) is 0 Å². The van der Waals surface area contributed by atoms with E-state index in [2.05, 4.69) is 10.6 Å². The highest BCUT2D eigenvalue weighted by molar-refractivity contribution is 5.77. The third kappa shape index (κ3) is 2.33. The van der Waals surface area contributed by atoms with Crippen molar-refractivity contribution in [1.29, 1.82) is 0 Å². The summed E-state index contributed by atoms with van der Waals surface area (Å²) in [4.78, 5) is 13.5. The fraction of sp³-hybridized carbons (Fsp3) is 0.417. The van der Waals surface area contributed by atoms with Crippen LogP contribution in [-0.2, 0) is 0 Å². The minimum absolute atomic E-state index is 0.0316. The number of urea groups is 1. The summed E-state index contributed by atoms with van der Waals surface area (Å²) in [5.74, 6) is 0. The van der Waals surface area contributed by atoms with E-state index in [0.717, 1.165) is 19.6 Å². The molecule has 1 unspecified atom stereocenters. The largest absolute Gasteiger partial charge is 0.329 e. The van der Waals surface area contributed by atoms with Gasteiger partial charge in [0.05, 0.1) is 6.04 Å². The highest BCUT2D eigenvalue weighted by Gasteiger charge is 2.28. The van der Waals surface area contributed by atoms with Crippen LogP contribution in [0.15, 0.2) is 30.3 Å². The lowest BCUT2D eigenvalue weighted by Crippen LogP contribution is -2.33. The minimum Gasteiger partial charge on any atom is -0.329 e. The number of nitrogens with one attached hydrogen (secondary N) is 2. The SMILES string of the molecule is CNCCN1CC(c2ccccc2)NC1=O. The molecule has 1 aliphatic rings. The molecular weight excluding hydrogens is 202 g/mol. The third-order valence-electron chi connectivity index (χ3n) is 2.82. The van der Waals surface area contributed by atoms with Crippen LogP contribution in [0.4, 0.5) is 4.79 Å². The van der Waals surface area contributed by atoms with Gasteiger partial charge in [0.15, 0.2) is 0 Å². The molecule has 2 N–H and O–H groups in total. The Labute approximate surface area is 95.6 Å². The molecule has 1 heterocycles. The summed E-state index contributed by atoms with van der Waals surface area (Å²) in [6.45, 7) is 2.34. The molecule has 16 heavy (non-hydrogen) atoms. The van der Waals surface area contributed by atoms with Gasteiger partial charge in [0.25, 0.3) is 0 Å². The Balaban J connectivity index is 1.98. The first-order valence-electron chi connectivity index (χ1n) is 5.56. The Hall–Kier alpha value is -1.55. The van der Waals surface area contributed by atoms with Gasteiger partial charge in [0, 0.05) is 19.6 Å². The maximum Gasteiger partial charge on any atom is 0.318 e. The molecule has 4 nitrogen and oxygen atoms in total. The Morgan fingerprint density at radius 1 is 1.44 bits per heavy atom. The zero-order valence-corrected chi connectivity index (χ0v) is 9.44. The number of rotatable bonds is 4. The normalized spacial score (nSPS) is 19.9. The van der Waals surface area contributed by atoms with Gasteiger partial charge >= 0.3 is 6.03 Å². The van der Waals surface area contributed by atoms with Crippen LogP contribution in [0, 0.1) is 0 Å². The number of hydrogen-bond donors (Lipinski definition) is 2. The van der Waals surface area contributed by atoms with Crippen molar-refractivity contribution in [2.45, 2.75) is 6.04 Å². The van der Waals surface area contributed by atoms with Crippen LogP contribution in [0.3, 0.4) is 0 Å². The lowest BCUT2D eigenvalue weighted by atomic mass is 10.1. The van der Waals surface area contributed by atoms with E-state index >= 15 is 0 Å². The number of amides is 2. The summed E-state index contributed by atoms with van der Waals surface area (Å²) in [7, 11) is 1.89. The van der Waals surface area contributed by atoms with Crippen molar-refractivity contribution in [3.05, 3.63) is 35.9 Å². The van der Waals surface area contributed by atoms with Crippen molar-refractivity contribution in [1.82, 2.24) is 15.5 Å². The predicted molar refractivity (Wildman–Crippen MR) is 63.2 cm³/mol. The first kappa shape index (κ1) is 11.0. The second-order valence-corrected chi connectivity index (χ2v) is 3.96. The Kier molecular flexibility index (Phi) is 3.41. The topological polar surface area (TPSA) is 44.4 Å². The molecular formula is C12H17N3O. The van der Waals surface area contributed by atoms with E-state index in [1.165, 1.54) is 5.56 Å². The lowest BCUT2D eigenvalue weighted by molar-refractivity contribution is 0.218. The average Bonchev–Trinajstić information content (AvgIpc) is 2.69. The zero-order valence-electron chi connectivity index (χ0n) is 9.44. The maximum atomic E-state index is 11.7. The molecule has 0 aromatic heterocycles. The number of carbonyl (C=O) groups excluding carboxylic acids is 1. The quantitative estimate of drug-likeness (QED) is 0.792. The highest BCUT2D eigenvalue weighted by Crippen LogP contribution is 2.19. The summed E-state index contributed by atoms with van der Waals surface area (Å²) in [5, 5.41) is 6.04. The zero-order chi connectivity index (χ0) is 11.4. The highest BCUT2D eigenvalue weighted by atomic mass is 16.2. The van der Waals surface area contributed by atoms with E-state index in [0.29, 0.717) is 0 Å². The predicted octanol–water partition coefficient (Wildman–Crippen LogP) is 0.972. The van der Waals surface area contributed by atoms with E-state index in [1.807, 2.05) is 42.3 Å². The van der Waals surface area contributed by atoms with Crippen molar-refractivity contribution in [3.63, 3.8) is 0 Å². The summed E-state index contributed by atoms with van der Waals surface area (Å²) in [5.41, 5.74) is 1.17. The lowest BCUT2D eigenvalue weighted by Gasteiger charge is -2.14. The van der Waals surface area contributed by atoms with Crippen molar-refractivity contribution < 1.29 is 4.79 Å². The molecule has 1 saturated heterocycles. The smallest absolute Gasteiger partial charge is 0.318 e. The van der Waals surface area contributed by atoms with Crippen LogP contribution in [0.5, 0.6) is 0 Å². The second kappa shape index (κ2) is 4.99. The molecule has 0 aliphatic carbocycles. The van der Waals surface area contributed by atoms with Crippen LogP contribution < -0.4 is 10.6 Å². The molecule has 2 rings (SSSR count). The Bertz CT molecular complexity index is 353. The molecule has 1 aromatic rings. The molecule has 0 radical (unpaired) electrons. The first-order valence-corrected chi connectivity index (χ1v) is 5.56. The summed E-state index contributed by atoms with van der Waals surface area (Å²) < 4.78 is 0. The molecule has 4 heteroatoms. The van der Waals surface area contributed by atoms with Gasteiger partial charge in [0.1, 0.15) is 0 Å². The van der Waals surface area contributed by atoms with E-state index in [1.54, 1.807) is 0 Å². The van der Waals surface area contributed by atoms with Crippen LogP contribution in [0.2, 0.25) is 0 Å². The molecule has 1 fully saturated rings. The number of benzene rings is 1.